The number of rotatable bonds is 1. The summed E-state index contributed by atoms with van der Waals surface area (Å²) in [6.45, 7) is 1.65. The Morgan fingerprint density at radius 2 is 2.12 bits per heavy atom. The highest BCUT2D eigenvalue weighted by molar-refractivity contribution is 7.00. The molecule has 0 amide bonds. The molecule has 3 rings (SSSR count). The minimum atomic E-state index is 0.622. The van der Waals surface area contributed by atoms with Gasteiger partial charge in [0.25, 0.3) is 0 Å². The molecule has 5 nitrogen and oxygen atoms in total. The van der Waals surface area contributed by atoms with Crippen LogP contribution in [-0.2, 0) is 0 Å². The summed E-state index contributed by atoms with van der Waals surface area (Å²) in [5, 5.41) is 6.88. The van der Waals surface area contributed by atoms with Crippen LogP contribution in [-0.4, -0.2) is 27.8 Å². The molecule has 0 saturated heterocycles. The SMILES string of the molecule is Clc1cc2nsnc2cc1NC1=NCCN1. The number of aromatic nitrogens is 2. The largest absolute Gasteiger partial charge is 0.354 e. The Balaban J connectivity index is 1.98. The van der Waals surface area contributed by atoms with Crippen molar-refractivity contribution in [2.75, 3.05) is 18.4 Å². The van der Waals surface area contributed by atoms with Crippen LogP contribution in [0.15, 0.2) is 17.1 Å². The summed E-state index contributed by atoms with van der Waals surface area (Å²) in [6, 6.07) is 3.68. The number of aliphatic imine (C=N–C) groups is 1. The normalized spacial score (nSPS) is 14.9. The summed E-state index contributed by atoms with van der Waals surface area (Å²) in [5.74, 6) is 0.754. The van der Waals surface area contributed by atoms with E-state index in [2.05, 4.69) is 24.4 Å². The van der Waals surface area contributed by atoms with Crippen molar-refractivity contribution in [1.82, 2.24) is 14.1 Å². The van der Waals surface area contributed by atoms with E-state index >= 15 is 0 Å². The molecule has 7 heteroatoms. The lowest BCUT2D eigenvalue weighted by Crippen LogP contribution is -2.26. The van der Waals surface area contributed by atoms with E-state index in [0.29, 0.717) is 5.02 Å². The first kappa shape index (κ1) is 9.80. The fourth-order valence-electron chi connectivity index (χ4n) is 1.51. The van der Waals surface area contributed by atoms with Crippen LogP contribution in [0, 0.1) is 0 Å². The second kappa shape index (κ2) is 3.88. The number of anilines is 1. The van der Waals surface area contributed by atoms with E-state index in [1.54, 1.807) is 6.07 Å². The van der Waals surface area contributed by atoms with Crippen molar-refractivity contribution < 1.29 is 0 Å². The van der Waals surface area contributed by atoms with Gasteiger partial charge in [-0.2, -0.15) is 8.75 Å². The summed E-state index contributed by atoms with van der Waals surface area (Å²) >= 11 is 7.31. The minimum Gasteiger partial charge on any atom is -0.354 e. The highest BCUT2D eigenvalue weighted by Gasteiger charge is 2.10. The maximum absolute atomic E-state index is 6.13. The van der Waals surface area contributed by atoms with E-state index in [1.807, 2.05) is 6.07 Å². The van der Waals surface area contributed by atoms with Gasteiger partial charge in [-0.05, 0) is 12.1 Å². The molecule has 0 aliphatic carbocycles. The maximum Gasteiger partial charge on any atom is 0.195 e. The van der Waals surface area contributed by atoms with Crippen LogP contribution in [0.3, 0.4) is 0 Å². The van der Waals surface area contributed by atoms with Crippen LogP contribution in [0.2, 0.25) is 5.02 Å². The summed E-state index contributed by atoms with van der Waals surface area (Å²) < 4.78 is 8.29. The second-order valence-electron chi connectivity index (χ2n) is 3.37. The monoisotopic (exact) mass is 253 g/mol. The van der Waals surface area contributed by atoms with Crippen molar-refractivity contribution in [2.45, 2.75) is 0 Å². The molecule has 2 N–H and O–H groups in total. The molecule has 0 saturated carbocycles. The highest BCUT2D eigenvalue weighted by Crippen LogP contribution is 2.27. The number of hydrogen-bond acceptors (Lipinski definition) is 6. The van der Waals surface area contributed by atoms with Crippen molar-refractivity contribution in [3.05, 3.63) is 17.2 Å². The van der Waals surface area contributed by atoms with E-state index in [4.69, 9.17) is 11.6 Å². The van der Waals surface area contributed by atoms with Gasteiger partial charge in [0.15, 0.2) is 5.96 Å². The van der Waals surface area contributed by atoms with Crippen LogP contribution in [0.5, 0.6) is 0 Å². The molecular formula is C9H8ClN5S. The van der Waals surface area contributed by atoms with E-state index in [0.717, 1.165) is 35.8 Å². The molecule has 0 fully saturated rings. The van der Waals surface area contributed by atoms with E-state index in [-0.39, 0.29) is 0 Å². The van der Waals surface area contributed by atoms with Crippen molar-refractivity contribution in [2.24, 2.45) is 4.99 Å². The average Bonchev–Trinajstić information content (AvgIpc) is 2.89. The maximum atomic E-state index is 6.13. The number of fused-ring (bicyclic) bond motifs is 1. The third kappa shape index (κ3) is 1.70. The topological polar surface area (TPSA) is 62.2 Å². The number of halogens is 1. The molecule has 1 aliphatic heterocycles. The number of guanidine groups is 1. The molecule has 0 unspecified atom stereocenters. The Morgan fingerprint density at radius 1 is 1.31 bits per heavy atom. The fourth-order valence-corrected chi connectivity index (χ4v) is 2.23. The molecule has 1 aromatic heterocycles. The lowest BCUT2D eigenvalue weighted by Gasteiger charge is -2.07. The van der Waals surface area contributed by atoms with Gasteiger partial charge in [0.1, 0.15) is 11.0 Å². The fraction of sp³-hybridized carbons (Fsp3) is 0.222. The zero-order valence-electron chi connectivity index (χ0n) is 8.20. The van der Waals surface area contributed by atoms with Gasteiger partial charge in [0, 0.05) is 6.54 Å². The van der Waals surface area contributed by atoms with E-state index < -0.39 is 0 Å². The van der Waals surface area contributed by atoms with Gasteiger partial charge in [-0.3, -0.25) is 4.99 Å². The third-order valence-corrected chi connectivity index (χ3v) is 3.14. The Hall–Kier alpha value is -1.40. The van der Waals surface area contributed by atoms with Gasteiger partial charge in [-0.25, -0.2) is 0 Å². The Bertz CT molecular complexity index is 564. The van der Waals surface area contributed by atoms with Crippen LogP contribution in [0.1, 0.15) is 0 Å². The Labute approximate surface area is 101 Å². The van der Waals surface area contributed by atoms with Gasteiger partial charge in [0.05, 0.1) is 29.0 Å². The second-order valence-corrected chi connectivity index (χ2v) is 4.30. The van der Waals surface area contributed by atoms with E-state index in [1.165, 1.54) is 11.7 Å². The number of nitrogens with zero attached hydrogens (tertiary/aromatic N) is 3. The lowest BCUT2D eigenvalue weighted by molar-refractivity contribution is 0.959. The summed E-state index contributed by atoms with van der Waals surface area (Å²) in [7, 11) is 0. The molecule has 0 atom stereocenters. The van der Waals surface area contributed by atoms with Crippen molar-refractivity contribution in [1.29, 1.82) is 0 Å². The van der Waals surface area contributed by atoms with Crippen LogP contribution < -0.4 is 10.6 Å². The van der Waals surface area contributed by atoms with Gasteiger partial charge in [-0.1, -0.05) is 11.6 Å². The van der Waals surface area contributed by atoms with Crippen molar-refractivity contribution in [3.63, 3.8) is 0 Å². The predicted molar refractivity (Wildman–Crippen MR) is 66.4 cm³/mol. The zero-order chi connectivity index (χ0) is 11.0. The number of nitrogens with one attached hydrogen (secondary N) is 2. The molecule has 0 radical (unpaired) electrons. The summed E-state index contributed by atoms with van der Waals surface area (Å²) in [5.41, 5.74) is 2.47. The van der Waals surface area contributed by atoms with Crippen molar-refractivity contribution in [3.8, 4) is 0 Å². The van der Waals surface area contributed by atoms with Gasteiger partial charge in [-0.15, -0.1) is 0 Å². The Kier molecular flexibility index (Phi) is 2.37. The summed E-state index contributed by atoms with van der Waals surface area (Å²) in [4.78, 5) is 4.24. The quantitative estimate of drug-likeness (QED) is 0.812. The lowest BCUT2D eigenvalue weighted by atomic mass is 10.3. The molecule has 16 heavy (non-hydrogen) atoms. The molecule has 82 valence electrons. The van der Waals surface area contributed by atoms with Crippen LogP contribution in [0.25, 0.3) is 11.0 Å². The Morgan fingerprint density at radius 3 is 2.88 bits per heavy atom. The zero-order valence-corrected chi connectivity index (χ0v) is 9.77. The molecular weight excluding hydrogens is 246 g/mol. The van der Waals surface area contributed by atoms with Gasteiger partial charge >= 0.3 is 0 Å². The van der Waals surface area contributed by atoms with E-state index in [9.17, 15) is 0 Å². The standard InChI is InChI=1S/C9H8ClN5S/c10-5-3-7-8(15-16-14-7)4-6(5)13-9-11-1-2-12-9/h3-4H,1-2H2,(H2,11,12,13). The van der Waals surface area contributed by atoms with Gasteiger partial charge in [0.2, 0.25) is 0 Å². The molecule has 2 aromatic rings. The number of hydrogen-bond donors (Lipinski definition) is 2. The first-order valence-electron chi connectivity index (χ1n) is 4.80. The number of benzene rings is 1. The average molecular weight is 254 g/mol. The predicted octanol–water partition coefficient (Wildman–Crippen LogP) is 1.72. The first-order valence-corrected chi connectivity index (χ1v) is 5.91. The third-order valence-electron chi connectivity index (χ3n) is 2.27. The smallest absolute Gasteiger partial charge is 0.195 e. The van der Waals surface area contributed by atoms with Crippen molar-refractivity contribution >= 4 is 46.0 Å². The first-order chi connectivity index (χ1) is 7.83. The molecule has 2 heterocycles. The summed E-state index contributed by atoms with van der Waals surface area (Å²) in [6.07, 6.45) is 0. The molecule has 1 aromatic carbocycles. The van der Waals surface area contributed by atoms with Gasteiger partial charge < -0.3 is 10.6 Å². The molecule has 0 spiro atoms. The van der Waals surface area contributed by atoms with Crippen LogP contribution >= 0.6 is 23.3 Å². The van der Waals surface area contributed by atoms with Crippen LogP contribution in [0.4, 0.5) is 5.69 Å². The minimum absolute atomic E-state index is 0.622. The molecule has 1 aliphatic rings. The molecule has 0 bridgehead atoms. The highest BCUT2D eigenvalue weighted by atomic mass is 35.5.